The van der Waals surface area contributed by atoms with E-state index in [0.717, 1.165) is 70.0 Å². The van der Waals surface area contributed by atoms with Crippen LogP contribution in [-0.2, 0) is 28.2 Å². The lowest BCUT2D eigenvalue weighted by molar-refractivity contribution is -0.180. The molecule has 0 N–H and O–H groups in total. The Hall–Kier alpha value is -2.12. The average Bonchev–Trinajstić information content (AvgIpc) is 3.45. The smallest absolute Gasteiger partial charge is 0.253 e. The summed E-state index contributed by atoms with van der Waals surface area (Å²) in [7, 11) is 0. The predicted molar refractivity (Wildman–Crippen MR) is 97.8 cm³/mol. The molecule has 0 unspecified atom stereocenters. The Bertz CT molecular complexity index is 786. The van der Waals surface area contributed by atoms with Crippen molar-refractivity contribution in [3.8, 4) is 0 Å². The number of ether oxygens (including phenoxy) is 1. The minimum absolute atomic E-state index is 0.143. The van der Waals surface area contributed by atoms with Gasteiger partial charge in [-0.05, 0) is 37.8 Å². The lowest BCUT2D eigenvalue weighted by Crippen LogP contribution is -2.54. The van der Waals surface area contributed by atoms with Crippen LogP contribution in [-0.4, -0.2) is 57.5 Å². The van der Waals surface area contributed by atoms with E-state index in [1.807, 2.05) is 29.4 Å². The predicted octanol–water partition coefficient (Wildman–Crippen LogP) is 1.99. The standard InChI is InChI=1S/C20H26N4O3/c25-18(23-8-1-2-9-23)17-15-24-12-7-21-19(24)20(27-17)5-10-22(11-6-20)14-16-4-3-13-26-16/h3-4,7,12-13,17H,1-2,5-6,8-11,14-15H2/t17-/m1/s1. The van der Waals surface area contributed by atoms with Crippen molar-refractivity contribution in [3.05, 3.63) is 42.4 Å². The van der Waals surface area contributed by atoms with Gasteiger partial charge in [0.25, 0.3) is 5.91 Å². The molecule has 2 aromatic heterocycles. The maximum absolute atomic E-state index is 13.0. The first-order valence-electron chi connectivity index (χ1n) is 9.96. The lowest BCUT2D eigenvalue weighted by atomic mass is 9.88. The number of aromatic nitrogens is 2. The van der Waals surface area contributed by atoms with Crippen LogP contribution in [0.1, 0.15) is 37.3 Å². The second-order valence-corrected chi connectivity index (χ2v) is 7.89. The fourth-order valence-electron chi connectivity index (χ4n) is 4.70. The van der Waals surface area contributed by atoms with Gasteiger partial charge in [0, 0.05) is 38.6 Å². The summed E-state index contributed by atoms with van der Waals surface area (Å²) in [6, 6.07) is 3.94. The van der Waals surface area contributed by atoms with Gasteiger partial charge < -0.3 is 18.6 Å². The van der Waals surface area contributed by atoms with Crippen molar-refractivity contribution in [2.75, 3.05) is 26.2 Å². The van der Waals surface area contributed by atoms with E-state index in [4.69, 9.17) is 9.15 Å². The highest BCUT2D eigenvalue weighted by Crippen LogP contribution is 2.40. The fourth-order valence-corrected chi connectivity index (χ4v) is 4.70. The Kier molecular flexibility index (Phi) is 4.28. The van der Waals surface area contributed by atoms with Crippen molar-refractivity contribution >= 4 is 5.91 Å². The molecule has 1 atom stereocenters. The molecule has 2 aromatic rings. The first-order chi connectivity index (χ1) is 13.2. The fraction of sp³-hybridized carbons (Fsp3) is 0.600. The first kappa shape index (κ1) is 17.0. The second kappa shape index (κ2) is 6.80. The van der Waals surface area contributed by atoms with Crippen LogP contribution in [0.2, 0.25) is 0 Å². The molecule has 2 saturated heterocycles. The summed E-state index contributed by atoms with van der Waals surface area (Å²) >= 11 is 0. The van der Waals surface area contributed by atoms with Gasteiger partial charge in [-0.1, -0.05) is 0 Å². The van der Waals surface area contributed by atoms with Crippen molar-refractivity contribution in [2.24, 2.45) is 0 Å². The van der Waals surface area contributed by atoms with Crippen molar-refractivity contribution < 1.29 is 13.9 Å². The largest absolute Gasteiger partial charge is 0.468 e. The summed E-state index contributed by atoms with van der Waals surface area (Å²) in [6.45, 7) is 4.91. The summed E-state index contributed by atoms with van der Waals surface area (Å²) in [4.78, 5) is 21.9. The number of rotatable bonds is 3. The number of piperidine rings is 1. The molecule has 3 aliphatic heterocycles. The van der Waals surface area contributed by atoms with E-state index in [1.165, 1.54) is 0 Å². The summed E-state index contributed by atoms with van der Waals surface area (Å²) in [5, 5.41) is 0. The Morgan fingerprint density at radius 2 is 2.04 bits per heavy atom. The third kappa shape index (κ3) is 3.08. The molecule has 0 aliphatic carbocycles. The number of nitrogens with zero attached hydrogens (tertiary/aromatic N) is 4. The summed E-state index contributed by atoms with van der Waals surface area (Å²) in [5.41, 5.74) is -0.457. The number of amides is 1. The maximum atomic E-state index is 13.0. The molecule has 1 spiro atoms. The van der Waals surface area contributed by atoms with Crippen LogP contribution < -0.4 is 0 Å². The van der Waals surface area contributed by atoms with Gasteiger partial charge in [-0.2, -0.15) is 0 Å². The van der Waals surface area contributed by atoms with Crippen LogP contribution in [0, 0.1) is 0 Å². The third-order valence-corrected chi connectivity index (χ3v) is 6.17. The van der Waals surface area contributed by atoms with E-state index in [2.05, 4.69) is 14.5 Å². The number of hydrogen-bond donors (Lipinski definition) is 0. The number of likely N-dealkylation sites (tertiary alicyclic amines) is 2. The molecular weight excluding hydrogens is 344 g/mol. The zero-order valence-corrected chi connectivity index (χ0v) is 15.5. The molecule has 5 heterocycles. The van der Waals surface area contributed by atoms with Gasteiger partial charge in [0.1, 0.15) is 17.2 Å². The monoisotopic (exact) mass is 370 g/mol. The molecule has 27 heavy (non-hydrogen) atoms. The average molecular weight is 370 g/mol. The second-order valence-electron chi connectivity index (χ2n) is 7.89. The molecule has 0 bridgehead atoms. The van der Waals surface area contributed by atoms with E-state index in [-0.39, 0.29) is 5.91 Å². The van der Waals surface area contributed by atoms with Crippen LogP contribution in [0.5, 0.6) is 0 Å². The normalized spacial score (nSPS) is 25.0. The van der Waals surface area contributed by atoms with Crippen LogP contribution in [0.15, 0.2) is 35.2 Å². The van der Waals surface area contributed by atoms with Gasteiger partial charge in [-0.25, -0.2) is 4.98 Å². The summed E-state index contributed by atoms with van der Waals surface area (Å²) in [6.07, 6.45) is 9.02. The SMILES string of the molecule is O=C([C@H]1Cn2ccnc2C2(CCN(Cc3ccco3)CC2)O1)N1CCCC1. The van der Waals surface area contributed by atoms with Gasteiger partial charge >= 0.3 is 0 Å². The minimum Gasteiger partial charge on any atom is -0.468 e. The van der Waals surface area contributed by atoms with Crippen molar-refractivity contribution in [2.45, 2.75) is 50.5 Å². The molecule has 7 nitrogen and oxygen atoms in total. The van der Waals surface area contributed by atoms with Gasteiger partial charge in [0.15, 0.2) is 6.10 Å². The van der Waals surface area contributed by atoms with E-state index < -0.39 is 11.7 Å². The van der Waals surface area contributed by atoms with Crippen LogP contribution in [0.4, 0.5) is 0 Å². The number of furan rings is 1. The van der Waals surface area contributed by atoms with E-state index in [0.29, 0.717) is 6.54 Å². The Labute approximate surface area is 158 Å². The number of fused-ring (bicyclic) bond motifs is 2. The molecular formula is C20H26N4O3. The summed E-state index contributed by atoms with van der Waals surface area (Å²) < 4.78 is 14.1. The van der Waals surface area contributed by atoms with E-state index in [1.54, 1.807) is 6.26 Å². The van der Waals surface area contributed by atoms with E-state index >= 15 is 0 Å². The van der Waals surface area contributed by atoms with Gasteiger partial charge in [0.2, 0.25) is 0 Å². The van der Waals surface area contributed by atoms with Gasteiger partial charge in [0.05, 0.1) is 19.4 Å². The highest BCUT2D eigenvalue weighted by atomic mass is 16.5. The van der Waals surface area contributed by atoms with Crippen molar-refractivity contribution in [1.29, 1.82) is 0 Å². The highest BCUT2D eigenvalue weighted by molar-refractivity contribution is 5.81. The highest BCUT2D eigenvalue weighted by Gasteiger charge is 2.47. The number of hydrogen-bond acceptors (Lipinski definition) is 5. The third-order valence-electron chi connectivity index (χ3n) is 6.17. The van der Waals surface area contributed by atoms with Crippen molar-refractivity contribution in [1.82, 2.24) is 19.4 Å². The molecule has 0 aromatic carbocycles. The number of imidazole rings is 1. The van der Waals surface area contributed by atoms with E-state index in [9.17, 15) is 4.79 Å². The molecule has 144 valence electrons. The van der Waals surface area contributed by atoms with Crippen LogP contribution in [0.25, 0.3) is 0 Å². The Morgan fingerprint density at radius 1 is 1.22 bits per heavy atom. The number of carbonyl (C=O) groups excluding carboxylic acids is 1. The van der Waals surface area contributed by atoms with Gasteiger partial charge in [-0.3, -0.25) is 9.69 Å². The van der Waals surface area contributed by atoms with Crippen molar-refractivity contribution in [3.63, 3.8) is 0 Å². The van der Waals surface area contributed by atoms with Gasteiger partial charge in [-0.15, -0.1) is 0 Å². The molecule has 3 aliphatic rings. The molecule has 7 heteroatoms. The molecule has 2 fully saturated rings. The lowest BCUT2D eigenvalue weighted by Gasteiger charge is -2.45. The Balaban J connectivity index is 1.33. The van der Waals surface area contributed by atoms with Crippen LogP contribution in [0.3, 0.4) is 0 Å². The molecule has 0 saturated carbocycles. The molecule has 1 amide bonds. The zero-order chi connectivity index (χ0) is 18.3. The molecule has 0 radical (unpaired) electrons. The Morgan fingerprint density at radius 3 is 2.78 bits per heavy atom. The minimum atomic E-state index is -0.457. The summed E-state index contributed by atoms with van der Waals surface area (Å²) in [5.74, 6) is 2.11. The molecule has 5 rings (SSSR count). The number of carbonyl (C=O) groups is 1. The quantitative estimate of drug-likeness (QED) is 0.827. The van der Waals surface area contributed by atoms with Crippen LogP contribution >= 0.6 is 0 Å². The first-order valence-corrected chi connectivity index (χ1v) is 9.96. The maximum Gasteiger partial charge on any atom is 0.253 e. The topological polar surface area (TPSA) is 63.7 Å². The zero-order valence-electron chi connectivity index (χ0n) is 15.5.